The molecule has 0 atom stereocenters. The average molecular weight is 630 g/mol. The molecule has 0 spiro atoms. The van der Waals surface area contributed by atoms with Crippen LogP contribution in [-0.4, -0.2) is 19.9 Å². The van der Waals surface area contributed by atoms with Crippen molar-refractivity contribution in [2.24, 2.45) is 0 Å². The minimum atomic E-state index is 0.0650. The first kappa shape index (κ1) is 19.0. The Morgan fingerprint density at radius 2 is 0.889 bits per heavy atom. The van der Waals surface area contributed by atoms with Gasteiger partial charge < -0.3 is 9.97 Å². The third kappa shape index (κ3) is 4.94. The van der Waals surface area contributed by atoms with Crippen LogP contribution in [0.4, 0.5) is 0 Å². The van der Waals surface area contributed by atoms with Crippen molar-refractivity contribution in [1.29, 1.82) is 0 Å². The Morgan fingerprint density at radius 1 is 0.556 bits per heavy atom. The maximum absolute atomic E-state index is 4.62. The summed E-state index contributed by atoms with van der Waals surface area (Å²) >= 11 is 4.93. The molecule has 0 radical (unpaired) electrons. The predicted octanol–water partition coefficient (Wildman–Crippen LogP) is 6.42. The van der Waals surface area contributed by atoms with Crippen molar-refractivity contribution in [3.8, 4) is 0 Å². The molecule has 8 bridgehead atoms. The van der Waals surface area contributed by atoms with Gasteiger partial charge in [0.05, 0.1) is 22.8 Å². The standard InChI is InChI=1S/C20H14N4.2HI.Zn/c1-2-14-10-16-5-6-18(23-16)12-20-8-7-19(24-20)11-17-4-3-15(22-17)9-13(1)21-14;;;/h1-12,21-22H;2*1H;/q;;;+2/p-2. The maximum atomic E-state index is 4.62. The van der Waals surface area contributed by atoms with Crippen LogP contribution in [0.5, 0.6) is 0 Å². The first-order chi connectivity index (χ1) is 13.2. The second kappa shape index (κ2) is 8.79. The van der Waals surface area contributed by atoms with Gasteiger partial charge in [-0.3, -0.25) is 0 Å². The van der Waals surface area contributed by atoms with Gasteiger partial charge in [-0.1, -0.05) is 0 Å². The third-order valence-corrected chi connectivity index (χ3v) is 4.04. The van der Waals surface area contributed by atoms with Crippen LogP contribution >= 0.6 is 39.5 Å². The second-order valence-electron chi connectivity index (χ2n) is 6.01. The van der Waals surface area contributed by atoms with E-state index in [2.05, 4.69) is 89.8 Å². The summed E-state index contributed by atoms with van der Waals surface area (Å²) in [7, 11) is 0.0650. The summed E-state index contributed by atoms with van der Waals surface area (Å²) in [5.74, 6) is 0. The zero-order valence-electron chi connectivity index (χ0n) is 14.3. The molecule has 0 unspecified atom stereocenters. The Labute approximate surface area is 185 Å². The van der Waals surface area contributed by atoms with Gasteiger partial charge in [-0.2, -0.15) is 0 Å². The van der Waals surface area contributed by atoms with Crippen molar-refractivity contribution in [3.63, 3.8) is 0 Å². The second-order valence-corrected chi connectivity index (χ2v) is 29.5. The molecular formula is C20H14I2N4Zn. The molecule has 7 heteroatoms. The minimum absolute atomic E-state index is 0.0650. The molecule has 0 amide bonds. The van der Waals surface area contributed by atoms with Gasteiger partial charge in [0.2, 0.25) is 0 Å². The van der Waals surface area contributed by atoms with Gasteiger partial charge in [-0.05, 0) is 72.8 Å². The van der Waals surface area contributed by atoms with Crippen LogP contribution < -0.4 is 0 Å². The van der Waals surface area contributed by atoms with E-state index in [0.29, 0.717) is 0 Å². The fourth-order valence-corrected chi connectivity index (χ4v) is 2.94. The van der Waals surface area contributed by atoms with E-state index in [-0.39, 0.29) is 10.1 Å². The van der Waals surface area contributed by atoms with E-state index >= 15 is 0 Å². The molecule has 0 aromatic carbocycles. The summed E-state index contributed by atoms with van der Waals surface area (Å²) in [5.41, 5.74) is 7.86. The van der Waals surface area contributed by atoms with Crippen LogP contribution in [0.1, 0.15) is 22.8 Å². The number of halogens is 2. The molecule has 0 saturated heterocycles. The number of fused-ring (bicyclic) bond motifs is 8. The summed E-state index contributed by atoms with van der Waals surface area (Å²) in [4.78, 5) is 16.0. The van der Waals surface area contributed by atoms with E-state index in [1.807, 2.05) is 42.5 Å². The molecule has 0 fully saturated rings. The van der Waals surface area contributed by atoms with Gasteiger partial charge >= 0.3 is 49.6 Å². The molecule has 0 aliphatic carbocycles. The quantitative estimate of drug-likeness (QED) is 0.153. The molecule has 2 aliphatic heterocycles. The first-order valence-corrected chi connectivity index (χ1v) is 26.5. The van der Waals surface area contributed by atoms with Crippen LogP contribution in [0.2, 0.25) is 0 Å². The van der Waals surface area contributed by atoms with Crippen LogP contribution in [0.3, 0.4) is 0 Å². The van der Waals surface area contributed by atoms with E-state index < -0.39 is 0 Å². The van der Waals surface area contributed by atoms with E-state index in [9.17, 15) is 0 Å². The van der Waals surface area contributed by atoms with Gasteiger partial charge in [-0.25, -0.2) is 9.97 Å². The Hall–Kier alpha value is -1.32. The molecule has 130 valence electrons. The van der Waals surface area contributed by atoms with Gasteiger partial charge in [0.25, 0.3) is 0 Å². The Balaban J connectivity index is 0.000000565. The molecule has 27 heavy (non-hydrogen) atoms. The number of hydrogen-bond donors (Lipinski definition) is 2. The summed E-state index contributed by atoms with van der Waals surface area (Å²) < 4.78 is 0. The normalized spacial score (nSPS) is 11.6. The van der Waals surface area contributed by atoms with Gasteiger partial charge in [0.1, 0.15) is 0 Å². The van der Waals surface area contributed by atoms with Gasteiger partial charge in [-0.15, -0.1) is 0 Å². The van der Waals surface area contributed by atoms with E-state index in [0.717, 1.165) is 44.8 Å². The number of nitrogens with one attached hydrogen (secondary N) is 2. The molecule has 5 rings (SSSR count). The molecule has 0 saturated carbocycles. The number of rotatable bonds is 0. The average Bonchev–Trinajstić information content (AvgIpc) is 3.41. The summed E-state index contributed by atoms with van der Waals surface area (Å²) in [6.45, 7) is 0. The predicted molar refractivity (Wildman–Crippen MR) is 127 cm³/mol. The first-order valence-electron chi connectivity index (χ1n) is 8.38. The number of aromatic amines is 2. The molecule has 3 aromatic rings. The molecule has 4 nitrogen and oxygen atoms in total. The number of aromatic nitrogens is 4. The van der Waals surface area contributed by atoms with Crippen LogP contribution in [0.25, 0.3) is 46.4 Å². The van der Waals surface area contributed by atoms with Crippen LogP contribution in [0, 0.1) is 0 Å². The number of nitrogens with zero attached hydrogens (tertiary/aromatic N) is 2. The summed E-state index contributed by atoms with van der Waals surface area (Å²) in [6.07, 6.45) is 8.05. The summed E-state index contributed by atoms with van der Waals surface area (Å²) in [5, 5.41) is 0. The van der Waals surface area contributed by atoms with Crippen LogP contribution in [-0.2, 0) is 10.1 Å². The summed E-state index contributed by atoms with van der Waals surface area (Å²) in [6, 6.07) is 16.4. The zero-order valence-corrected chi connectivity index (χ0v) is 21.6. The van der Waals surface area contributed by atoms with Crippen molar-refractivity contribution in [1.82, 2.24) is 19.9 Å². The van der Waals surface area contributed by atoms with Crippen molar-refractivity contribution >= 4 is 85.9 Å². The van der Waals surface area contributed by atoms with E-state index in [1.165, 1.54) is 0 Å². The van der Waals surface area contributed by atoms with Crippen molar-refractivity contribution in [2.75, 3.05) is 0 Å². The monoisotopic (exact) mass is 628 g/mol. The molecule has 3 aromatic heterocycles. The SMILES string of the molecule is C1=Cc2cc3ccc(cc4ccc(cc5nc(cc1n2)C=C5)[nH]4)[nH]3.[I][Zn][I]. The Bertz CT molecular complexity index is 1100. The Morgan fingerprint density at radius 3 is 1.30 bits per heavy atom. The Kier molecular flexibility index (Phi) is 6.19. The fourth-order valence-electron chi connectivity index (χ4n) is 2.94. The number of hydrogen-bond acceptors (Lipinski definition) is 2. The van der Waals surface area contributed by atoms with Crippen molar-refractivity contribution < 1.29 is 10.1 Å². The van der Waals surface area contributed by atoms with E-state index in [4.69, 9.17) is 0 Å². The van der Waals surface area contributed by atoms with Gasteiger partial charge in [0.15, 0.2) is 0 Å². The molecule has 2 aliphatic rings. The van der Waals surface area contributed by atoms with Gasteiger partial charge in [0, 0.05) is 22.1 Å². The number of H-pyrrole nitrogens is 2. The molecular weight excluding hydrogens is 615 g/mol. The van der Waals surface area contributed by atoms with Crippen molar-refractivity contribution in [2.45, 2.75) is 0 Å². The fraction of sp³-hybridized carbons (Fsp3) is 0. The van der Waals surface area contributed by atoms with Crippen molar-refractivity contribution in [3.05, 3.63) is 71.3 Å². The molecule has 5 heterocycles. The van der Waals surface area contributed by atoms with Crippen LogP contribution in [0.15, 0.2) is 48.5 Å². The van der Waals surface area contributed by atoms with E-state index in [1.54, 1.807) is 0 Å². The third-order valence-electron chi connectivity index (χ3n) is 4.04. The molecule has 2 N–H and O–H groups in total. The topological polar surface area (TPSA) is 57.4 Å². The zero-order chi connectivity index (χ0) is 18.6.